The first-order valence-electron chi connectivity index (χ1n) is 7.28. The molecule has 20 heavy (non-hydrogen) atoms. The van der Waals surface area contributed by atoms with Crippen molar-refractivity contribution in [2.75, 3.05) is 6.54 Å². The maximum Gasteiger partial charge on any atom is 0.243 e. The third-order valence-corrected chi connectivity index (χ3v) is 3.83. The summed E-state index contributed by atoms with van der Waals surface area (Å²) >= 11 is 0. The molecule has 1 fully saturated rings. The second kappa shape index (κ2) is 6.55. The van der Waals surface area contributed by atoms with Crippen molar-refractivity contribution in [3.63, 3.8) is 0 Å². The molecule has 0 radical (unpaired) electrons. The van der Waals surface area contributed by atoms with Gasteiger partial charge in [0.2, 0.25) is 11.8 Å². The predicted molar refractivity (Wildman–Crippen MR) is 78.0 cm³/mol. The van der Waals surface area contributed by atoms with E-state index in [9.17, 15) is 9.59 Å². The first kappa shape index (κ1) is 14.6. The number of hydrogen-bond donors (Lipinski definition) is 1. The van der Waals surface area contributed by atoms with Gasteiger partial charge in [-0.3, -0.25) is 9.59 Å². The maximum absolute atomic E-state index is 12.4. The average Bonchev–Trinajstić information content (AvgIpc) is 2.87. The molecule has 0 aliphatic carbocycles. The van der Waals surface area contributed by atoms with Crippen LogP contribution in [-0.4, -0.2) is 29.3 Å². The molecular formula is C16H22N2O2. The van der Waals surface area contributed by atoms with Crippen LogP contribution >= 0.6 is 0 Å². The molecule has 1 aliphatic rings. The van der Waals surface area contributed by atoms with Crippen LogP contribution in [0.15, 0.2) is 30.3 Å². The van der Waals surface area contributed by atoms with E-state index in [2.05, 4.69) is 5.32 Å². The molecule has 0 bridgehead atoms. The van der Waals surface area contributed by atoms with Crippen molar-refractivity contribution in [2.45, 2.75) is 45.2 Å². The second-order valence-corrected chi connectivity index (χ2v) is 5.26. The highest BCUT2D eigenvalue weighted by atomic mass is 16.2. The van der Waals surface area contributed by atoms with E-state index in [1.54, 1.807) is 4.90 Å². The molecular weight excluding hydrogens is 252 g/mol. The Balaban J connectivity index is 2.01. The fourth-order valence-corrected chi connectivity index (χ4v) is 2.68. The van der Waals surface area contributed by atoms with E-state index in [0.717, 1.165) is 12.0 Å². The molecule has 2 amide bonds. The van der Waals surface area contributed by atoms with Crippen molar-refractivity contribution in [3.8, 4) is 0 Å². The van der Waals surface area contributed by atoms with Crippen molar-refractivity contribution in [3.05, 3.63) is 35.9 Å². The smallest absolute Gasteiger partial charge is 0.243 e. The molecule has 0 aromatic heterocycles. The number of nitrogens with one attached hydrogen (secondary N) is 1. The van der Waals surface area contributed by atoms with Gasteiger partial charge in [-0.1, -0.05) is 37.3 Å². The Morgan fingerprint density at radius 2 is 2.05 bits per heavy atom. The molecule has 1 heterocycles. The normalized spacial score (nSPS) is 17.9. The van der Waals surface area contributed by atoms with Gasteiger partial charge >= 0.3 is 0 Å². The van der Waals surface area contributed by atoms with Crippen molar-refractivity contribution in [1.29, 1.82) is 0 Å². The molecule has 108 valence electrons. The minimum absolute atomic E-state index is 0.0459. The Morgan fingerprint density at radius 1 is 1.35 bits per heavy atom. The lowest BCUT2D eigenvalue weighted by Crippen LogP contribution is -2.47. The summed E-state index contributed by atoms with van der Waals surface area (Å²) in [7, 11) is 0. The van der Waals surface area contributed by atoms with Gasteiger partial charge in [-0.15, -0.1) is 0 Å². The van der Waals surface area contributed by atoms with Crippen LogP contribution in [0.2, 0.25) is 0 Å². The molecule has 4 nitrogen and oxygen atoms in total. The number of rotatable bonds is 5. The van der Waals surface area contributed by atoms with E-state index in [-0.39, 0.29) is 23.9 Å². The summed E-state index contributed by atoms with van der Waals surface area (Å²) in [5, 5.41) is 3.01. The summed E-state index contributed by atoms with van der Waals surface area (Å²) < 4.78 is 0. The highest BCUT2D eigenvalue weighted by molar-refractivity contribution is 5.88. The van der Waals surface area contributed by atoms with Crippen LogP contribution < -0.4 is 5.32 Å². The van der Waals surface area contributed by atoms with Crippen LogP contribution in [0.5, 0.6) is 0 Å². The van der Waals surface area contributed by atoms with Gasteiger partial charge in [0.05, 0.1) is 6.04 Å². The van der Waals surface area contributed by atoms with Crippen LogP contribution in [0, 0.1) is 0 Å². The summed E-state index contributed by atoms with van der Waals surface area (Å²) in [6.07, 6.45) is 2.08. The van der Waals surface area contributed by atoms with Gasteiger partial charge in [0.1, 0.15) is 6.04 Å². The van der Waals surface area contributed by atoms with Crippen LogP contribution in [-0.2, 0) is 9.59 Å². The van der Waals surface area contributed by atoms with Gasteiger partial charge in [-0.05, 0) is 25.3 Å². The molecule has 0 spiro atoms. The van der Waals surface area contributed by atoms with E-state index in [1.165, 1.54) is 0 Å². The highest BCUT2D eigenvalue weighted by Gasteiger charge is 2.31. The Labute approximate surface area is 120 Å². The number of amides is 2. The van der Waals surface area contributed by atoms with Crippen LogP contribution in [0.3, 0.4) is 0 Å². The van der Waals surface area contributed by atoms with Crippen molar-refractivity contribution < 1.29 is 9.59 Å². The zero-order chi connectivity index (χ0) is 14.5. The molecule has 2 unspecified atom stereocenters. The SMILES string of the molecule is CCC(C(=O)NC(C)c1ccccc1)N1CCCC1=O. The largest absolute Gasteiger partial charge is 0.348 e. The quantitative estimate of drug-likeness (QED) is 0.895. The van der Waals surface area contributed by atoms with Gasteiger partial charge < -0.3 is 10.2 Å². The Morgan fingerprint density at radius 3 is 2.60 bits per heavy atom. The third-order valence-electron chi connectivity index (χ3n) is 3.83. The fourth-order valence-electron chi connectivity index (χ4n) is 2.68. The third kappa shape index (κ3) is 3.18. The summed E-state index contributed by atoms with van der Waals surface area (Å²) in [6, 6.07) is 9.47. The fraction of sp³-hybridized carbons (Fsp3) is 0.500. The zero-order valence-corrected chi connectivity index (χ0v) is 12.1. The van der Waals surface area contributed by atoms with Gasteiger partial charge in [0.15, 0.2) is 0 Å². The molecule has 1 saturated heterocycles. The second-order valence-electron chi connectivity index (χ2n) is 5.26. The molecule has 1 aromatic rings. The van der Waals surface area contributed by atoms with E-state index < -0.39 is 0 Å². The Hall–Kier alpha value is -1.84. The molecule has 2 rings (SSSR count). The molecule has 1 aliphatic heterocycles. The van der Waals surface area contributed by atoms with Gasteiger partial charge in [-0.25, -0.2) is 0 Å². The number of benzene rings is 1. The highest BCUT2D eigenvalue weighted by Crippen LogP contribution is 2.18. The minimum Gasteiger partial charge on any atom is -0.348 e. The lowest BCUT2D eigenvalue weighted by atomic mass is 10.1. The van der Waals surface area contributed by atoms with Crippen molar-refractivity contribution in [2.24, 2.45) is 0 Å². The van der Waals surface area contributed by atoms with Gasteiger partial charge in [0, 0.05) is 13.0 Å². The monoisotopic (exact) mass is 274 g/mol. The van der Waals surface area contributed by atoms with E-state index in [0.29, 0.717) is 19.4 Å². The Bertz CT molecular complexity index is 473. The molecule has 1 N–H and O–H groups in total. The average molecular weight is 274 g/mol. The summed E-state index contributed by atoms with van der Waals surface area (Å²) in [4.78, 5) is 25.9. The van der Waals surface area contributed by atoms with Crippen LogP contribution in [0.1, 0.15) is 44.7 Å². The number of hydrogen-bond acceptors (Lipinski definition) is 2. The van der Waals surface area contributed by atoms with Crippen LogP contribution in [0.4, 0.5) is 0 Å². The summed E-state index contributed by atoms with van der Waals surface area (Å²) in [5.74, 6) is 0.0402. The summed E-state index contributed by atoms with van der Waals surface area (Å²) in [5.41, 5.74) is 1.07. The molecule has 2 atom stereocenters. The number of nitrogens with zero attached hydrogens (tertiary/aromatic N) is 1. The topological polar surface area (TPSA) is 49.4 Å². The first-order valence-corrected chi connectivity index (χ1v) is 7.28. The summed E-state index contributed by atoms with van der Waals surface area (Å²) in [6.45, 7) is 4.61. The zero-order valence-electron chi connectivity index (χ0n) is 12.1. The minimum atomic E-state index is -0.337. The van der Waals surface area contributed by atoms with Crippen LogP contribution in [0.25, 0.3) is 0 Å². The predicted octanol–water partition coefficient (Wildman–Crippen LogP) is 2.26. The lowest BCUT2D eigenvalue weighted by molar-refractivity contribution is -0.137. The van der Waals surface area contributed by atoms with Gasteiger partial charge in [0.25, 0.3) is 0 Å². The standard InChI is InChI=1S/C16H22N2O2/c1-3-14(18-11-7-10-15(18)19)16(20)17-12(2)13-8-5-4-6-9-13/h4-6,8-9,12,14H,3,7,10-11H2,1-2H3,(H,17,20). The van der Waals surface area contributed by atoms with E-state index >= 15 is 0 Å². The lowest BCUT2D eigenvalue weighted by Gasteiger charge is -2.27. The number of likely N-dealkylation sites (tertiary alicyclic amines) is 1. The Kier molecular flexibility index (Phi) is 4.77. The number of carbonyl (C=O) groups is 2. The maximum atomic E-state index is 12.4. The molecule has 4 heteroatoms. The number of carbonyl (C=O) groups excluding carboxylic acids is 2. The van der Waals surface area contributed by atoms with E-state index in [4.69, 9.17) is 0 Å². The van der Waals surface area contributed by atoms with E-state index in [1.807, 2.05) is 44.2 Å². The van der Waals surface area contributed by atoms with Crippen molar-refractivity contribution >= 4 is 11.8 Å². The first-order chi connectivity index (χ1) is 9.63. The van der Waals surface area contributed by atoms with Gasteiger partial charge in [-0.2, -0.15) is 0 Å². The molecule has 1 aromatic carbocycles. The van der Waals surface area contributed by atoms with Crippen molar-refractivity contribution in [1.82, 2.24) is 10.2 Å². The molecule has 0 saturated carbocycles.